The molecular formula is C22H29N3O2. The number of ether oxygens (including phenoxy) is 1. The Balaban J connectivity index is 1.55. The molecule has 1 aliphatic heterocycles. The zero-order chi connectivity index (χ0) is 18.9. The second-order valence-electron chi connectivity index (χ2n) is 6.93. The SMILES string of the molecule is COCc1ccccc1CNC(=O)NCC(c1ccccc1)N1CCCC1. The van der Waals surface area contributed by atoms with Crippen LogP contribution in [0.15, 0.2) is 54.6 Å². The second-order valence-corrected chi connectivity index (χ2v) is 6.93. The summed E-state index contributed by atoms with van der Waals surface area (Å²) in [5.41, 5.74) is 3.43. The van der Waals surface area contributed by atoms with Gasteiger partial charge in [0.05, 0.1) is 12.6 Å². The summed E-state index contributed by atoms with van der Waals surface area (Å²) < 4.78 is 5.23. The summed E-state index contributed by atoms with van der Waals surface area (Å²) in [7, 11) is 1.68. The van der Waals surface area contributed by atoms with Crippen molar-refractivity contribution in [1.29, 1.82) is 0 Å². The van der Waals surface area contributed by atoms with E-state index in [0.717, 1.165) is 24.2 Å². The molecule has 27 heavy (non-hydrogen) atoms. The molecule has 2 aromatic carbocycles. The first-order chi connectivity index (χ1) is 13.3. The Labute approximate surface area is 161 Å². The van der Waals surface area contributed by atoms with E-state index >= 15 is 0 Å². The minimum atomic E-state index is -0.137. The van der Waals surface area contributed by atoms with Crippen molar-refractivity contribution >= 4 is 6.03 Å². The second kappa shape index (κ2) is 10.1. The normalized spacial score (nSPS) is 15.4. The smallest absolute Gasteiger partial charge is 0.315 e. The van der Waals surface area contributed by atoms with Crippen molar-refractivity contribution in [3.05, 3.63) is 71.3 Å². The molecule has 0 saturated carbocycles. The van der Waals surface area contributed by atoms with Crippen molar-refractivity contribution in [3.8, 4) is 0 Å². The number of likely N-dealkylation sites (tertiary alicyclic amines) is 1. The predicted molar refractivity (Wildman–Crippen MR) is 107 cm³/mol. The molecule has 2 aromatic rings. The van der Waals surface area contributed by atoms with E-state index < -0.39 is 0 Å². The summed E-state index contributed by atoms with van der Waals surface area (Å²) in [5.74, 6) is 0. The Morgan fingerprint density at radius 1 is 1.00 bits per heavy atom. The van der Waals surface area contributed by atoms with Crippen LogP contribution in [-0.4, -0.2) is 37.7 Å². The number of carbonyl (C=O) groups excluding carboxylic acids is 1. The van der Waals surface area contributed by atoms with E-state index in [2.05, 4.69) is 39.8 Å². The predicted octanol–water partition coefficient (Wildman–Crippen LogP) is 3.47. The fourth-order valence-corrected chi connectivity index (χ4v) is 3.64. The van der Waals surface area contributed by atoms with Crippen LogP contribution in [0, 0.1) is 0 Å². The standard InChI is InChI=1S/C22H29N3O2/c1-27-17-20-12-6-5-11-19(20)15-23-22(26)24-16-21(25-13-7-8-14-25)18-9-3-2-4-10-18/h2-6,9-12,21H,7-8,13-17H2,1H3,(H2,23,24,26). The lowest BCUT2D eigenvalue weighted by molar-refractivity contribution is 0.184. The van der Waals surface area contributed by atoms with Crippen molar-refractivity contribution in [2.75, 3.05) is 26.7 Å². The lowest BCUT2D eigenvalue weighted by atomic mass is 10.1. The van der Waals surface area contributed by atoms with Crippen LogP contribution in [0.3, 0.4) is 0 Å². The summed E-state index contributed by atoms with van der Waals surface area (Å²) in [6.07, 6.45) is 2.46. The van der Waals surface area contributed by atoms with Gasteiger partial charge in [-0.2, -0.15) is 0 Å². The molecule has 5 nitrogen and oxygen atoms in total. The molecule has 2 N–H and O–H groups in total. The summed E-state index contributed by atoms with van der Waals surface area (Å²) in [6.45, 7) is 3.83. The Bertz CT molecular complexity index is 715. The van der Waals surface area contributed by atoms with Crippen molar-refractivity contribution in [3.63, 3.8) is 0 Å². The van der Waals surface area contributed by atoms with Gasteiger partial charge < -0.3 is 15.4 Å². The van der Waals surface area contributed by atoms with Gasteiger partial charge in [-0.05, 0) is 42.6 Å². The molecule has 5 heteroatoms. The van der Waals surface area contributed by atoms with E-state index in [4.69, 9.17) is 4.74 Å². The fraction of sp³-hybridized carbons (Fsp3) is 0.409. The number of nitrogens with one attached hydrogen (secondary N) is 2. The minimum Gasteiger partial charge on any atom is -0.380 e. The third-order valence-corrected chi connectivity index (χ3v) is 5.08. The molecule has 1 unspecified atom stereocenters. The lowest BCUT2D eigenvalue weighted by Gasteiger charge is -2.28. The van der Waals surface area contributed by atoms with Crippen molar-refractivity contribution in [2.24, 2.45) is 0 Å². The van der Waals surface area contributed by atoms with Gasteiger partial charge in [-0.3, -0.25) is 4.90 Å². The van der Waals surface area contributed by atoms with Gasteiger partial charge in [0.1, 0.15) is 0 Å². The number of hydrogen-bond donors (Lipinski definition) is 2. The molecule has 144 valence electrons. The first-order valence-electron chi connectivity index (χ1n) is 9.64. The molecule has 2 amide bonds. The van der Waals surface area contributed by atoms with Crippen molar-refractivity contribution < 1.29 is 9.53 Å². The Morgan fingerprint density at radius 2 is 1.67 bits per heavy atom. The van der Waals surface area contributed by atoms with Gasteiger partial charge in [0.2, 0.25) is 0 Å². The summed E-state index contributed by atoms with van der Waals surface area (Å²) in [4.78, 5) is 14.8. The summed E-state index contributed by atoms with van der Waals surface area (Å²) in [5, 5.41) is 6.03. The van der Waals surface area contributed by atoms with Crippen LogP contribution >= 0.6 is 0 Å². The molecule has 1 saturated heterocycles. The Kier molecular flexibility index (Phi) is 7.25. The molecule has 0 spiro atoms. The molecule has 0 radical (unpaired) electrons. The van der Waals surface area contributed by atoms with Gasteiger partial charge in [0, 0.05) is 20.2 Å². The Morgan fingerprint density at radius 3 is 2.37 bits per heavy atom. The third kappa shape index (κ3) is 5.55. The van der Waals surface area contributed by atoms with Crippen LogP contribution in [-0.2, 0) is 17.9 Å². The van der Waals surface area contributed by atoms with Crippen LogP contribution in [0.2, 0.25) is 0 Å². The zero-order valence-corrected chi connectivity index (χ0v) is 16.0. The van der Waals surface area contributed by atoms with Crippen LogP contribution in [0.1, 0.15) is 35.6 Å². The lowest BCUT2D eigenvalue weighted by Crippen LogP contribution is -2.41. The van der Waals surface area contributed by atoms with E-state index in [-0.39, 0.29) is 12.1 Å². The van der Waals surface area contributed by atoms with Crippen LogP contribution in [0.4, 0.5) is 4.79 Å². The monoisotopic (exact) mass is 367 g/mol. The van der Waals surface area contributed by atoms with Crippen LogP contribution in [0.25, 0.3) is 0 Å². The van der Waals surface area contributed by atoms with Crippen molar-refractivity contribution in [2.45, 2.75) is 32.0 Å². The molecular weight excluding hydrogens is 338 g/mol. The largest absolute Gasteiger partial charge is 0.380 e. The highest BCUT2D eigenvalue weighted by Gasteiger charge is 2.23. The maximum Gasteiger partial charge on any atom is 0.315 e. The van der Waals surface area contributed by atoms with E-state index in [1.807, 2.05) is 30.3 Å². The number of carbonyl (C=O) groups is 1. The van der Waals surface area contributed by atoms with Crippen LogP contribution in [0.5, 0.6) is 0 Å². The number of hydrogen-bond acceptors (Lipinski definition) is 3. The molecule has 0 aliphatic carbocycles. The van der Waals surface area contributed by atoms with E-state index in [0.29, 0.717) is 19.7 Å². The number of rotatable bonds is 8. The highest BCUT2D eigenvalue weighted by molar-refractivity contribution is 5.73. The number of amides is 2. The zero-order valence-electron chi connectivity index (χ0n) is 16.0. The van der Waals surface area contributed by atoms with Crippen LogP contribution < -0.4 is 10.6 Å². The number of nitrogens with zero attached hydrogens (tertiary/aromatic N) is 1. The fourth-order valence-electron chi connectivity index (χ4n) is 3.64. The molecule has 1 fully saturated rings. The molecule has 1 heterocycles. The number of urea groups is 1. The van der Waals surface area contributed by atoms with E-state index in [9.17, 15) is 4.79 Å². The van der Waals surface area contributed by atoms with Gasteiger partial charge in [-0.25, -0.2) is 4.79 Å². The minimum absolute atomic E-state index is 0.137. The quantitative estimate of drug-likeness (QED) is 0.751. The van der Waals surface area contributed by atoms with Gasteiger partial charge in [-0.1, -0.05) is 54.6 Å². The number of benzene rings is 2. The number of methoxy groups -OCH3 is 1. The van der Waals surface area contributed by atoms with Gasteiger partial charge in [-0.15, -0.1) is 0 Å². The van der Waals surface area contributed by atoms with E-state index in [1.165, 1.54) is 18.4 Å². The maximum absolute atomic E-state index is 12.4. The molecule has 0 aromatic heterocycles. The summed E-state index contributed by atoms with van der Waals surface area (Å²) in [6, 6.07) is 18.5. The summed E-state index contributed by atoms with van der Waals surface area (Å²) >= 11 is 0. The first kappa shape index (κ1) is 19.4. The van der Waals surface area contributed by atoms with Gasteiger partial charge >= 0.3 is 6.03 Å². The Hall–Kier alpha value is -2.37. The van der Waals surface area contributed by atoms with Gasteiger partial charge in [0.15, 0.2) is 0 Å². The molecule has 3 rings (SSSR count). The average molecular weight is 367 g/mol. The third-order valence-electron chi connectivity index (χ3n) is 5.08. The maximum atomic E-state index is 12.4. The first-order valence-corrected chi connectivity index (χ1v) is 9.64. The molecule has 1 aliphatic rings. The van der Waals surface area contributed by atoms with Crippen molar-refractivity contribution in [1.82, 2.24) is 15.5 Å². The van der Waals surface area contributed by atoms with E-state index in [1.54, 1.807) is 7.11 Å². The topological polar surface area (TPSA) is 53.6 Å². The molecule has 0 bridgehead atoms. The molecule has 1 atom stereocenters. The van der Waals surface area contributed by atoms with Gasteiger partial charge in [0.25, 0.3) is 0 Å². The highest BCUT2D eigenvalue weighted by Crippen LogP contribution is 2.24. The highest BCUT2D eigenvalue weighted by atomic mass is 16.5. The average Bonchev–Trinajstić information content (AvgIpc) is 3.23.